The van der Waals surface area contributed by atoms with Gasteiger partial charge in [0.15, 0.2) is 0 Å². The highest BCUT2D eigenvalue weighted by Gasteiger charge is 2.29. The van der Waals surface area contributed by atoms with Crippen molar-refractivity contribution in [3.63, 3.8) is 0 Å². The number of rotatable bonds is 3. The van der Waals surface area contributed by atoms with Crippen LogP contribution >= 0.6 is 0 Å². The van der Waals surface area contributed by atoms with Crippen molar-refractivity contribution in [3.8, 4) is 0 Å². The van der Waals surface area contributed by atoms with Gasteiger partial charge in [-0.05, 0) is 44.7 Å². The number of nitrogens with one attached hydrogen (secondary N) is 3. The molecule has 0 bridgehead atoms. The van der Waals surface area contributed by atoms with Crippen molar-refractivity contribution in [1.82, 2.24) is 20.9 Å². The lowest BCUT2D eigenvalue weighted by molar-refractivity contribution is -0.121. The van der Waals surface area contributed by atoms with Crippen molar-refractivity contribution in [2.24, 2.45) is 5.92 Å². The minimum atomic E-state index is -0.434. The second-order valence-electron chi connectivity index (χ2n) is 5.47. The zero-order valence-electron chi connectivity index (χ0n) is 11.6. The summed E-state index contributed by atoms with van der Waals surface area (Å²) in [7, 11) is 1.51. The number of likely N-dealkylation sites (tertiary alicyclic amines) is 1. The maximum Gasteiger partial charge on any atom is 0.321 e. The molecule has 0 radical (unpaired) electrons. The SMILES string of the molecule is CNC(=O)NC(=O)CN1CCCC(C2CCCN2)C1. The third-order valence-electron chi connectivity index (χ3n) is 4.06. The monoisotopic (exact) mass is 268 g/mol. The molecule has 0 aromatic carbocycles. The Morgan fingerprint density at radius 2 is 2.16 bits per heavy atom. The molecule has 2 aliphatic heterocycles. The Morgan fingerprint density at radius 3 is 2.84 bits per heavy atom. The predicted molar refractivity (Wildman–Crippen MR) is 72.8 cm³/mol. The molecule has 6 heteroatoms. The Hall–Kier alpha value is -1.14. The lowest BCUT2D eigenvalue weighted by Gasteiger charge is -2.35. The summed E-state index contributed by atoms with van der Waals surface area (Å²) in [5, 5.41) is 8.25. The van der Waals surface area contributed by atoms with E-state index in [1.54, 1.807) is 0 Å². The summed E-state index contributed by atoms with van der Waals surface area (Å²) in [4.78, 5) is 24.9. The maximum atomic E-state index is 11.7. The van der Waals surface area contributed by atoms with Crippen LogP contribution in [-0.2, 0) is 4.79 Å². The van der Waals surface area contributed by atoms with E-state index < -0.39 is 6.03 Å². The molecule has 2 fully saturated rings. The lowest BCUT2D eigenvalue weighted by Crippen LogP contribution is -2.48. The summed E-state index contributed by atoms with van der Waals surface area (Å²) >= 11 is 0. The molecule has 2 heterocycles. The van der Waals surface area contributed by atoms with Crippen molar-refractivity contribution in [1.29, 1.82) is 0 Å². The summed E-state index contributed by atoms with van der Waals surface area (Å²) in [6.07, 6.45) is 4.89. The second kappa shape index (κ2) is 6.86. The summed E-state index contributed by atoms with van der Waals surface area (Å²) in [6, 6.07) is 0.181. The van der Waals surface area contributed by atoms with Crippen LogP contribution in [-0.4, -0.2) is 56.1 Å². The van der Waals surface area contributed by atoms with Gasteiger partial charge in [-0.3, -0.25) is 15.0 Å². The number of nitrogens with zero attached hydrogens (tertiary/aromatic N) is 1. The van der Waals surface area contributed by atoms with Gasteiger partial charge in [-0.25, -0.2) is 4.79 Å². The van der Waals surface area contributed by atoms with E-state index in [2.05, 4.69) is 20.9 Å². The van der Waals surface area contributed by atoms with E-state index >= 15 is 0 Å². The first-order chi connectivity index (χ1) is 9.19. The topological polar surface area (TPSA) is 73.5 Å². The maximum absolute atomic E-state index is 11.7. The second-order valence-corrected chi connectivity index (χ2v) is 5.47. The van der Waals surface area contributed by atoms with Crippen LogP contribution in [0.4, 0.5) is 4.79 Å². The van der Waals surface area contributed by atoms with Crippen molar-refractivity contribution < 1.29 is 9.59 Å². The van der Waals surface area contributed by atoms with E-state index in [4.69, 9.17) is 0 Å². The molecule has 2 atom stereocenters. The molecule has 3 N–H and O–H groups in total. The average molecular weight is 268 g/mol. The van der Waals surface area contributed by atoms with Crippen LogP contribution in [0, 0.1) is 5.92 Å². The fourth-order valence-electron chi connectivity index (χ4n) is 3.11. The molecule has 2 aliphatic rings. The van der Waals surface area contributed by atoms with Gasteiger partial charge in [0, 0.05) is 19.6 Å². The fourth-order valence-corrected chi connectivity index (χ4v) is 3.11. The van der Waals surface area contributed by atoms with Gasteiger partial charge < -0.3 is 10.6 Å². The number of hydrogen-bond donors (Lipinski definition) is 3. The third kappa shape index (κ3) is 4.18. The van der Waals surface area contributed by atoms with Gasteiger partial charge in [0.05, 0.1) is 6.54 Å². The highest BCUT2D eigenvalue weighted by molar-refractivity contribution is 5.95. The normalized spacial score (nSPS) is 28.1. The van der Waals surface area contributed by atoms with E-state index in [1.165, 1.54) is 26.3 Å². The van der Waals surface area contributed by atoms with Gasteiger partial charge in [-0.2, -0.15) is 0 Å². The summed E-state index contributed by atoms with van der Waals surface area (Å²) in [6.45, 7) is 3.35. The molecule has 0 aromatic rings. The molecule has 3 amide bonds. The highest BCUT2D eigenvalue weighted by atomic mass is 16.2. The number of carbonyl (C=O) groups is 2. The highest BCUT2D eigenvalue weighted by Crippen LogP contribution is 2.24. The molecule has 108 valence electrons. The first-order valence-electron chi connectivity index (χ1n) is 7.16. The number of urea groups is 1. The van der Waals surface area contributed by atoms with E-state index in [0.29, 0.717) is 18.5 Å². The molecule has 19 heavy (non-hydrogen) atoms. The van der Waals surface area contributed by atoms with Crippen LogP contribution in [0.1, 0.15) is 25.7 Å². The Kier molecular flexibility index (Phi) is 5.15. The van der Waals surface area contributed by atoms with Crippen molar-refractivity contribution >= 4 is 11.9 Å². The number of imide groups is 1. The van der Waals surface area contributed by atoms with Gasteiger partial charge in [0.25, 0.3) is 0 Å². The summed E-state index contributed by atoms with van der Waals surface area (Å²) in [5.41, 5.74) is 0. The molecular formula is C13H24N4O2. The smallest absolute Gasteiger partial charge is 0.321 e. The number of hydrogen-bond acceptors (Lipinski definition) is 4. The minimum absolute atomic E-state index is 0.223. The van der Waals surface area contributed by atoms with E-state index in [9.17, 15) is 9.59 Å². The lowest BCUT2D eigenvalue weighted by atomic mass is 9.90. The van der Waals surface area contributed by atoms with Crippen LogP contribution in [0.15, 0.2) is 0 Å². The summed E-state index contributed by atoms with van der Waals surface area (Å²) in [5.74, 6) is 0.420. The van der Waals surface area contributed by atoms with Crippen LogP contribution in [0.2, 0.25) is 0 Å². The molecule has 6 nitrogen and oxygen atoms in total. The average Bonchev–Trinajstić information content (AvgIpc) is 2.92. The van der Waals surface area contributed by atoms with Crippen LogP contribution < -0.4 is 16.0 Å². The molecular weight excluding hydrogens is 244 g/mol. The molecule has 2 unspecified atom stereocenters. The summed E-state index contributed by atoms with van der Waals surface area (Å²) < 4.78 is 0. The first kappa shape index (κ1) is 14.3. The van der Waals surface area contributed by atoms with Crippen molar-refractivity contribution in [3.05, 3.63) is 0 Å². The van der Waals surface area contributed by atoms with E-state index in [-0.39, 0.29) is 5.91 Å². The number of piperidine rings is 1. The predicted octanol–water partition coefficient (Wildman–Crippen LogP) is -0.0940. The Bertz CT molecular complexity index is 329. The fraction of sp³-hybridized carbons (Fsp3) is 0.846. The van der Waals surface area contributed by atoms with Gasteiger partial charge in [-0.15, -0.1) is 0 Å². The standard InChI is InChI=1S/C13H24N4O2/c1-14-13(19)16-12(18)9-17-7-3-4-10(8-17)11-5-2-6-15-11/h10-11,15H,2-9H2,1H3,(H2,14,16,18,19). The van der Waals surface area contributed by atoms with Gasteiger partial charge in [-0.1, -0.05) is 0 Å². The largest absolute Gasteiger partial charge is 0.341 e. The van der Waals surface area contributed by atoms with Crippen LogP contribution in [0.5, 0.6) is 0 Å². The van der Waals surface area contributed by atoms with E-state index in [1.807, 2.05) is 0 Å². The molecule has 2 rings (SSSR count). The van der Waals surface area contributed by atoms with Gasteiger partial charge in [0.1, 0.15) is 0 Å². The van der Waals surface area contributed by atoms with Crippen LogP contribution in [0.25, 0.3) is 0 Å². The Morgan fingerprint density at radius 1 is 1.32 bits per heavy atom. The van der Waals surface area contributed by atoms with Crippen LogP contribution in [0.3, 0.4) is 0 Å². The number of amides is 3. The van der Waals surface area contributed by atoms with Crippen molar-refractivity contribution in [2.45, 2.75) is 31.7 Å². The van der Waals surface area contributed by atoms with E-state index in [0.717, 1.165) is 26.1 Å². The molecule has 0 spiro atoms. The third-order valence-corrected chi connectivity index (χ3v) is 4.06. The van der Waals surface area contributed by atoms with Gasteiger partial charge in [0.2, 0.25) is 5.91 Å². The molecule has 2 saturated heterocycles. The molecule has 0 aliphatic carbocycles. The number of carbonyl (C=O) groups excluding carboxylic acids is 2. The van der Waals surface area contributed by atoms with Gasteiger partial charge >= 0.3 is 6.03 Å². The Balaban J connectivity index is 1.77. The zero-order chi connectivity index (χ0) is 13.7. The molecule has 0 saturated carbocycles. The molecule has 0 aromatic heterocycles. The Labute approximate surface area is 114 Å². The quantitative estimate of drug-likeness (QED) is 0.668. The zero-order valence-corrected chi connectivity index (χ0v) is 11.6. The minimum Gasteiger partial charge on any atom is -0.341 e. The first-order valence-corrected chi connectivity index (χ1v) is 7.16. The van der Waals surface area contributed by atoms with Crippen molar-refractivity contribution in [2.75, 3.05) is 33.2 Å².